The van der Waals surface area contributed by atoms with Gasteiger partial charge < -0.3 is 5.11 Å². The molecule has 0 unspecified atom stereocenters. The maximum atomic E-state index is 10.1. The molecule has 5 atom stereocenters. The van der Waals surface area contributed by atoms with Crippen molar-refractivity contribution in [2.24, 2.45) is 29.1 Å². The summed E-state index contributed by atoms with van der Waals surface area (Å²) in [6.07, 6.45) is 12.1. The number of aliphatic hydroxyl groups is 1. The fourth-order valence-electron chi connectivity index (χ4n) is 5.49. The van der Waals surface area contributed by atoms with Gasteiger partial charge in [-0.05, 0) is 74.0 Å². The van der Waals surface area contributed by atoms with Gasteiger partial charge in [-0.2, -0.15) is 0 Å². The SMILES string of the molecule is CC1(C)[C@H]2CC[C@H](C2)[C@@H]1CC[C@@H]1CCCC[C@@H]1O. The lowest BCUT2D eigenvalue weighted by Crippen LogP contribution is -2.32. The topological polar surface area (TPSA) is 20.2 Å². The van der Waals surface area contributed by atoms with Crippen LogP contribution in [0.1, 0.15) is 71.6 Å². The number of aliphatic hydroxyl groups excluding tert-OH is 1. The molecule has 2 bridgehead atoms. The highest BCUT2D eigenvalue weighted by Gasteiger charge is 2.52. The molecule has 3 fully saturated rings. The molecule has 3 saturated carbocycles. The van der Waals surface area contributed by atoms with E-state index < -0.39 is 0 Å². The predicted octanol–water partition coefficient (Wildman–Crippen LogP) is 4.39. The molecule has 0 aromatic rings. The van der Waals surface area contributed by atoms with E-state index in [9.17, 15) is 5.11 Å². The summed E-state index contributed by atoms with van der Waals surface area (Å²) in [4.78, 5) is 0. The lowest BCUT2D eigenvalue weighted by atomic mass is 9.66. The van der Waals surface area contributed by atoms with Gasteiger partial charge in [0.1, 0.15) is 0 Å². The zero-order valence-corrected chi connectivity index (χ0v) is 12.2. The Balaban J connectivity index is 1.57. The molecule has 0 aromatic heterocycles. The Hall–Kier alpha value is -0.0400. The number of hydrogen-bond donors (Lipinski definition) is 1. The van der Waals surface area contributed by atoms with Crippen LogP contribution in [0.3, 0.4) is 0 Å². The third kappa shape index (κ3) is 2.13. The first-order valence-corrected chi connectivity index (χ1v) is 8.27. The van der Waals surface area contributed by atoms with Crippen LogP contribution in [0.25, 0.3) is 0 Å². The van der Waals surface area contributed by atoms with E-state index >= 15 is 0 Å². The first-order valence-electron chi connectivity index (χ1n) is 8.27. The van der Waals surface area contributed by atoms with Crippen LogP contribution in [0, 0.1) is 29.1 Å². The Morgan fingerprint density at radius 1 is 1.00 bits per heavy atom. The van der Waals surface area contributed by atoms with Crippen molar-refractivity contribution in [2.75, 3.05) is 0 Å². The van der Waals surface area contributed by atoms with E-state index in [1.807, 2.05) is 0 Å². The number of fused-ring (bicyclic) bond motifs is 2. The van der Waals surface area contributed by atoms with Crippen molar-refractivity contribution in [3.05, 3.63) is 0 Å². The van der Waals surface area contributed by atoms with Gasteiger partial charge in [-0.3, -0.25) is 0 Å². The van der Waals surface area contributed by atoms with Crippen molar-refractivity contribution in [3.63, 3.8) is 0 Å². The summed E-state index contributed by atoms with van der Waals surface area (Å²) in [6.45, 7) is 5.03. The standard InChI is InChI=1S/C17H30O/c1-17(2)14-9-7-13(11-14)15(17)10-8-12-5-3-4-6-16(12)18/h12-16,18H,3-11H2,1-2H3/t12-,13+,14-,15-,16-/m0/s1. The summed E-state index contributed by atoms with van der Waals surface area (Å²) in [5.41, 5.74) is 0.586. The third-order valence-electron chi connectivity index (χ3n) is 6.77. The summed E-state index contributed by atoms with van der Waals surface area (Å²) in [5.74, 6) is 3.59. The molecule has 0 aliphatic heterocycles. The molecular weight excluding hydrogens is 220 g/mol. The lowest BCUT2D eigenvalue weighted by Gasteiger charge is -2.39. The van der Waals surface area contributed by atoms with Crippen LogP contribution >= 0.6 is 0 Å². The second-order valence-corrected chi connectivity index (χ2v) is 7.89. The predicted molar refractivity (Wildman–Crippen MR) is 75.3 cm³/mol. The van der Waals surface area contributed by atoms with Crippen molar-refractivity contribution in [1.82, 2.24) is 0 Å². The van der Waals surface area contributed by atoms with E-state index in [4.69, 9.17) is 0 Å². The quantitative estimate of drug-likeness (QED) is 0.787. The van der Waals surface area contributed by atoms with Crippen molar-refractivity contribution in [2.45, 2.75) is 77.7 Å². The number of hydrogen-bond acceptors (Lipinski definition) is 1. The van der Waals surface area contributed by atoms with Crippen LogP contribution in [-0.4, -0.2) is 11.2 Å². The maximum Gasteiger partial charge on any atom is 0.0568 e. The van der Waals surface area contributed by atoms with E-state index in [0.717, 1.165) is 24.2 Å². The lowest BCUT2D eigenvalue weighted by molar-refractivity contribution is 0.0477. The molecular formula is C17H30O. The van der Waals surface area contributed by atoms with Crippen LogP contribution in [-0.2, 0) is 0 Å². The highest BCUT2D eigenvalue weighted by molar-refractivity contribution is 5.01. The van der Waals surface area contributed by atoms with Gasteiger partial charge in [0, 0.05) is 0 Å². The van der Waals surface area contributed by atoms with E-state index in [0.29, 0.717) is 11.3 Å². The molecule has 3 rings (SSSR count). The summed E-state index contributed by atoms with van der Waals surface area (Å²) in [5, 5.41) is 10.1. The van der Waals surface area contributed by atoms with Gasteiger partial charge in [-0.25, -0.2) is 0 Å². The van der Waals surface area contributed by atoms with Gasteiger partial charge in [0.05, 0.1) is 6.10 Å². The van der Waals surface area contributed by atoms with E-state index in [2.05, 4.69) is 13.8 Å². The van der Waals surface area contributed by atoms with Crippen molar-refractivity contribution >= 4 is 0 Å². The van der Waals surface area contributed by atoms with Gasteiger partial charge in [0.25, 0.3) is 0 Å². The highest BCUT2D eigenvalue weighted by Crippen LogP contribution is 2.60. The molecule has 0 radical (unpaired) electrons. The van der Waals surface area contributed by atoms with Crippen LogP contribution in [0.2, 0.25) is 0 Å². The van der Waals surface area contributed by atoms with E-state index in [-0.39, 0.29) is 6.10 Å². The normalized spacial score (nSPS) is 46.5. The minimum atomic E-state index is 0.0143. The highest BCUT2D eigenvalue weighted by atomic mass is 16.3. The van der Waals surface area contributed by atoms with Crippen molar-refractivity contribution < 1.29 is 5.11 Å². The minimum Gasteiger partial charge on any atom is -0.393 e. The van der Waals surface area contributed by atoms with Gasteiger partial charge in [0.15, 0.2) is 0 Å². The fraction of sp³-hybridized carbons (Fsp3) is 1.00. The Kier molecular flexibility index (Phi) is 3.47. The summed E-state index contributed by atoms with van der Waals surface area (Å²) in [6, 6.07) is 0. The minimum absolute atomic E-state index is 0.0143. The zero-order valence-electron chi connectivity index (χ0n) is 12.2. The van der Waals surface area contributed by atoms with Crippen LogP contribution in [0.5, 0.6) is 0 Å². The fourth-order valence-corrected chi connectivity index (χ4v) is 5.49. The van der Waals surface area contributed by atoms with Gasteiger partial charge in [0.2, 0.25) is 0 Å². The average molecular weight is 250 g/mol. The Morgan fingerprint density at radius 3 is 2.44 bits per heavy atom. The molecule has 3 aliphatic rings. The molecule has 104 valence electrons. The Labute approximate surface area is 112 Å². The van der Waals surface area contributed by atoms with Crippen molar-refractivity contribution in [3.8, 4) is 0 Å². The first kappa shape index (κ1) is 13.0. The second kappa shape index (κ2) is 4.81. The summed E-state index contributed by atoms with van der Waals surface area (Å²) < 4.78 is 0. The molecule has 1 N–H and O–H groups in total. The third-order valence-corrected chi connectivity index (χ3v) is 6.77. The Bertz CT molecular complexity index is 296. The second-order valence-electron chi connectivity index (χ2n) is 7.89. The largest absolute Gasteiger partial charge is 0.393 e. The van der Waals surface area contributed by atoms with Crippen LogP contribution in [0.15, 0.2) is 0 Å². The average Bonchev–Trinajstić information content (AvgIpc) is 2.88. The molecule has 0 saturated heterocycles. The molecule has 0 heterocycles. The van der Waals surface area contributed by atoms with E-state index in [1.54, 1.807) is 0 Å². The first-order chi connectivity index (χ1) is 8.59. The zero-order chi connectivity index (χ0) is 12.8. The summed E-state index contributed by atoms with van der Waals surface area (Å²) in [7, 11) is 0. The van der Waals surface area contributed by atoms with Gasteiger partial charge in [-0.1, -0.05) is 26.7 Å². The maximum absolute atomic E-state index is 10.1. The smallest absolute Gasteiger partial charge is 0.0568 e. The molecule has 0 spiro atoms. The molecule has 0 aromatic carbocycles. The molecule has 18 heavy (non-hydrogen) atoms. The monoisotopic (exact) mass is 250 g/mol. The van der Waals surface area contributed by atoms with Gasteiger partial charge >= 0.3 is 0 Å². The molecule has 0 amide bonds. The Morgan fingerprint density at radius 2 is 1.78 bits per heavy atom. The number of rotatable bonds is 3. The summed E-state index contributed by atoms with van der Waals surface area (Å²) >= 11 is 0. The van der Waals surface area contributed by atoms with Gasteiger partial charge in [-0.15, -0.1) is 0 Å². The van der Waals surface area contributed by atoms with E-state index in [1.165, 1.54) is 51.4 Å². The van der Waals surface area contributed by atoms with Crippen molar-refractivity contribution in [1.29, 1.82) is 0 Å². The molecule has 3 aliphatic carbocycles. The van der Waals surface area contributed by atoms with Crippen LogP contribution in [0.4, 0.5) is 0 Å². The molecule has 1 nitrogen and oxygen atoms in total. The molecule has 1 heteroatoms. The van der Waals surface area contributed by atoms with Crippen LogP contribution < -0.4 is 0 Å².